The lowest BCUT2D eigenvalue weighted by Crippen LogP contribution is -2.31. The topological polar surface area (TPSA) is 119 Å². The second-order valence-electron chi connectivity index (χ2n) is 6.82. The monoisotopic (exact) mass is 431 g/mol. The quantitative estimate of drug-likeness (QED) is 0.473. The molecular formula is C23H21N5O4. The van der Waals surface area contributed by atoms with Crippen LogP contribution in [-0.2, 0) is 0 Å². The standard InChI is InChI=1S/C23H21N5O4/c1-14-6-5-7-17(10-14)28-23(30)19(12-24)15(2)21(27-28)22(29)26-25-13-16-11-18(31-3)8-9-20(16)32-4/h5-11,13H,1-4H3,(H,26,29). The summed E-state index contributed by atoms with van der Waals surface area (Å²) in [5, 5.41) is 17.7. The highest BCUT2D eigenvalue weighted by molar-refractivity contribution is 5.95. The number of nitrogens with one attached hydrogen (secondary N) is 1. The molecule has 9 nitrogen and oxygen atoms in total. The third kappa shape index (κ3) is 4.49. The molecule has 1 heterocycles. The number of hydrazone groups is 1. The van der Waals surface area contributed by atoms with Gasteiger partial charge >= 0.3 is 0 Å². The van der Waals surface area contributed by atoms with E-state index in [0.717, 1.165) is 10.2 Å². The van der Waals surface area contributed by atoms with Gasteiger partial charge in [-0.1, -0.05) is 12.1 Å². The zero-order valence-electron chi connectivity index (χ0n) is 18.0. The molecule has 0 aliphatic rings. The first kappa shape index (κ1) is 22.2. The molecule has 2 aromatic carbocycles. The Balaban J connectivity index is 1.97. The number of aromatic nitrogens is 2. The minimum atomic E-state index is -0.668. The average Bonchev–Trinajstić information content (AvgIpc) is 2.79. The fraction of sp³-hybridized carbons (Fsp3) is 0.174. The summed E-state index contributed by atoms with van der Waals surface area (Å²) in [6.45, 7) is 3.36. The van der Waals surface area contributed by atoms with Crippen LogP contribution in [0.15, 0.2) is 52.4 Å². The fourth-order valence-electron chi connectivity index (χ4n) is 3.04. The van der Waals surface area contributed by atoms with E-state index in [1.807, 2.05) is 19.1 Å². The van der Waals surface area contributed by atoms with Crippen molar-refractivity contribution in [3.05, 3.63) is 80.8 Å². The molecule has 0 radical (unpaired) electrons. The molecule has 0 atom stereocenters. The molecule has 32 heavy (non-hydrogen) atoms. The molecule has 1 amide bonds. The van der Waals surface area contributed by atoms with Gasteiger partial charge in [-0.15, -0.1) is 0 Å². The number of amides is 1. The lowest BCUT2D eigenvalue weighted by Gasteiger charge is -2.11. The molecule has 0 spiro atoms. The third-order valence-corrected chi connectivity index (χ3v) is 4.72. The van der Waals surface area contributed by atoms with Crippen LogP contribution in [0.1, 0.15) is 32.7 Å². The lowest BCUT2D eigenvalue weighted by atomic mass is 10.1. The maximum Gasteiger partial charge on any atom is 0.292 e. The van der Waals surface area contributed by atoms with E-state index >= 15 is 0 Å². The Morgan fingerprint density at radius 1 is 1.19 bits per heavy atom. The van der Waals surface area contributed by atoms with E-state index in [2.05, 4.69) is 15.6 Å². The number of carbonyl (C=O) groups excluding carboxylic acids is 1. The SMILES string of the molecule is COc1ccc(OC)c(C=NNC(=O)c2nn(-c3cccc(C)c3)c(=O)c(C#N)c2C)c1. The van der Waals surface area contributed by atoms with Crippen molar-refractivity contribution in [1.29, 1.82) is 5.26 Å². The van der Waals surface area contributed by atoms with Crippen LogP contribution in [0.3, 0.4) is 0 Å². The lowest BCUT2D eigenvalue weighted by molar-refractivity contribution is 0.0947. The van der Waals surface area contributed by atoms with Gasteiger partial charge in [0.1, 0.15) is 23.1 Å². The molecule has 1 aromatic heterocycles. The third-order valence-electron chi connectivity index (χ3n) is 4.72. The van der Waals surface area contributed by atoms with Gasteiger partial charge in [-0.2, -0.15) is 20.1 Å². The van der Waals surface area contributed by atoms with E-state index in [-0.39, 0.29) is 16.8 Å². The first-order valence-corrected chi connectivity index (χ1v) is 9.56. The van der Waals surface area contributed by atoms with Gasteiger partial charge in [0.05, 0.1) is 26.1 Å². The zero-order valence-corrected chi connectivity index (χ0v) is 18.0. The predicted octanol–water partition coefficient (Wildman–Crippen LogP) is 2.50. The average molecular weight is 431 g/mol. The number of methoxy groups -OCH3 is 2. The number of nitrogens with zero attached hydrogens (tertiary/aromatic N) is 4. The van der Waals surface area contributed by atoms with Crippen molar-refractivity contribution in [2.45, 2.75) is 13.8 Å². The largest absolute Gasteiger partial charge is 0.497 e. The molecule has 0 saturated carbocycles. The number of nitriles is 1. The Bertz CT molecular complexity index is 1300. The summed E-state index contributed by atoms with van der Waals surface area (Å²) in [6, 6.07) is 14.1. The Labute approximate surface area is 184 Å². The molecule has 0 aliphatic carbocycles. The summed E-state index contributed by atoms with van der Waals surface area (Å²) in [5.41, 5.74) is 3.64. The maximum atomic E-state index is 12.8. The van der Waals surface area contributed by atoms with E-state index in [1.54, 1.807) is 36.4 Å². The molecule has 0 aliphatic heterocycles. The van der Waals surface area contributed by atoms with E-state index < -0.39 is 11.5 Å². The number of hydrogen-bond acceptors (Lipinski definition) is 7. The van der Waals surface area contributed by atoms with Crippen LogP contribution >= 0.6 is 0 Å². The van der Waals surface area contributed by atoms with Crippen LogP contribution in [0.2, 0.25) is 0 Å². The number of hydrogen-bond donors (Lipinski definition) is 1. The highest BCUT2D eigenvalue weighted by atomic mass is 16.5. The normalized spacial score (nSPS) is 10.6. The van der Waals surface area contributed by atoms with Gasteiger partial charge in [0.15, 0.2) is 5.69 Å². The van der Waals surface area contributed by atoms with Gasteiger partial charge < -0.3 is 9.47 Å². The highest BCUT2D eigenvalue weighted by Gasteiger charge is 2.20. The van der Waals surface area contributed by atoms with E-state index in [9.17, 15) is 14.9 Å². The highest BCUT2D eigenvalue weighted by Crippen LogP contribution is 2.22. The molecule has 3 rings (SSSR count). The van der Waals surface area contributed by atoms with Gasteiger partial charge in [0.2, 0.25) is 0 Å². The van der Waals surface area contributed by atoms with Crippen molar-refractivity contribution >= 4 is 12.1 Å². The van der Waals surface area contributed by atoms with Crippen molar-refractivity contribution in [1.82, 2.24) is 15.2 Å². The fourth-order valence-corrected chi connectivity index (χ4v) is 3.04. The van der Waals surface area contributed by atoms with Crippen molar-refractivity contribution in [3.63, 3.8) is 0 Å². The van der Waals surface area contributed by atoms with Gasteiger partial charge in [0.25, 0.3) is 11.5 Å². The van der Waals surface area contributed by atoms with Crippen molar-refractivity contribution < 1.29 is 14.3 Å². The number of rotatable bonds is 6. The van der Waals surface area contributed by atoms with Crippen molar-refractivity contribution in [3.8, 4) is 23.3 Å². The summed E-state index contributed by atoms with van der Waals surface area (Å²) >= 11 is 0. The predicted molar refractivity (Wildman–Crippen MR) is 119 cm³/mol. The Hall–Kier alpha value is -4.45. The minimum absolute atomic E-state index is 0.0857. The number of carbonyl (C=O) groups is 1. The molecule has 3 aromatic rings. The van der Waals surface area contributed by atoms with Crippen molar-refractivity contribution in [2.24, 2.45) is 5.10 Å². The zero-order chi connectivity index (χ0) is 23.3. The van der Waals surface area contributed by atoms with E-state index in [0.29, 0.717) is 22.7 Å². The number of aryl methyl sites for hydroxylation is 1. The maximum absolute atomic E-state index is 12.8. The van der Waals surface area contributed by atoms with Crippen LogP contribution in [0.5, 0.6) is 11.5 Å². The second-order valence-corrected chi connectivity index (χ2v) is 6.82. The number of ether oxygens (including phenoxy) is 2. The molecule has 0 bridgehead atoms. The molecule has 0 unspecified atom stereocenters. The summed E-state index contributed by atoms with van der Waals surface area (Å²) in [6.07, 6.45) is 1.40. The first-order chi connectivity index (χ1) is 15.4. The smallest absolute Gasteiger partial charge is 0.292 e. The Morgan fingerprint density at radius 2 is 1.97 bits per heavy atom. The van der Waals surface area contributed by atoms with Gasteiger partial charge in [-0.3, -0.25) is 9.59 Å². The molecular weight excluding hydrogens is 410 g/mol. The van der Waals surface area contributed by atoms with Gasteiger partial charge in [-0.25, -0.2) is 5.43 Å². The summed E-state index contributed by atoms with van der Waals surface area (Å²) in [5.74, 6) is 0.469. The molecule has 1 N–H and O–H groups in total. The van der Waals surface area contributed by atoms with Gasteiger partial charge in [0, 0.05) is 11.1 Å². The van der Waals surface area contributed by atoms with Crippen LogP contribution in [0.25, 0.3) is 5.69 Å². The summed E-state index contributed by atoms with van der Waals surface area (Å²) < 4.78 is 11.5. The summed E-state index contributed by atoms with van der Waals surface area (Å²) in [7, 11) is 3.05. The minimum Gasteiger partial charge on any atom is -0.497 e. The molecule has 0 fully saturated rings. The number of benzene rings is 2. The molecule has 0 saturated heterocycles. The van der Waals surface area contributed by atoms with Crippen molar-refractivity contribution in [2.75, 3.05) is 14.2 Å². The van der Waals surface area contributed by atoms with Crippen LogP contribution in [-0.4, -0.2) is 36.1 Å². The van der Waals surface area contributed by atoms with Crippen LogP contribution < -0.4 is 20.5 Å². The van der Waals surface area contributed by atoms with Crippen LogP contribution in [0.4, 0.5) is 0 Å². The van der Waals surface area contributed by atoms with E-state index in [4.69, 9.17) is 9.47 Å². The second kappa shape index (κ2) is 9.57. The molecule has 162 valence electrons. The summed E-state index contributed by atoms with van der Waals surface area (Å²) in [4.78, 5) is 25.5. The Morgan fingerprint density at radius 3 is 2.62 bits per heavy atom. The van der Waals surface area contributed by atoms with E-state index in [1.165, 1.54) is 27.4 Å². The first-order valence-electron chi connectivity index (χ1n) is 9.56. The Kier molecular flexibility index (Phi) is 6.65. The van der Waals surface area contributed by atoms with Gasteiger partial charge in [-0.05, 0) is 49.7 Å². The molecule has 9 heteroatoms. The van der Waals surface area contributed by atoms with Crippen LogP contribution in [0, 0.1) is 25.2 Å².